The van der Waals surface area contributed by atoms with E-state index in [0.29, 0.717) is 18.9 Å². The summed E-state index contributed by atoms with van der Waals surface area (Å²) in [5.74, 6) is -1.66. The topological polar surface area (TPSA) is 29.1 Å². The lowest BCUT2D eigenvalue weighted by Crippen LogP contribution is -2.24. The molecular formula is C13H17F2NO. The molecule has 0 spiro atoms. The third-order valence-electron chi connectivity index (χ3n) is 2.32. The van der Waals surface area contributed by atoms with Gasteiger partial charge in [-0.3, -0.25) is 4.79 Å². The number of hydrogen-bond acceptors (Lipinski definition) is 2. The molecule has 1 aromatic carbocycles. The second-order valence-electron chi connectivity index (χ2n) is 4.29. The number of nitrogens with one attached hydrogen (secondary N) is 1. The predicted octanol–water partition coefficient (Wildman–Crippen LogP) is 2.93. The van der Waals surface area contributed by atoms with E-state index in [1.54, 1.807) is 0 Å². The molecule has 94 valence electrons. The Bertz CT molecular complexity index is 371. The van der Waals surface area contributed by atoms with Gasteiger partial charge in [0.05, 0.1) is 0 Å². The van der Waals surface area contributed by atoms with Crippen LogP contribution in [0.2, 0.25) is 0 Å². The van der Waals surface area contributed by atoms with E-state index < -0.39 is 11.6 Å². The summed E-state index contributed by atoms with van der Waals surface area (Å²) in [4.78, 5) is 11.6. The Balaban J connectivity index is 2.47. The summed E-state index contributed by atoms with van der Waals surface area (Å²) in [6.07, 6.45) is 0.956. The fourth-order valence-electron chi connectivity index (χ4n) is 1.50. The summed E-state index contributed by atoms with van der Waals surface area (Å²) in [5, 5.41) is 3.17. The van der Waals surface area contributed by atoms with Crippen LogP contribution < -0.4 is 5.32 Å². The zero-order chi connectivity index (χ0) is 12.8. The largest absolute Gasteiger partial charge is 0.315 e. The first-order valence-corrected chi connectivity index (χ1v) is 5.71. The third kappa shape index (κ3) is 5.04. The van der Waals surface area contributed by atoms with Crippen LogP contribution in [0.15, 0.2) is 18.2 Å². The lowest BCUT2D eigenvalue weighted by Gasteiger charge is -2.07. The van der Waals surface area contributed by atoms with Crippen LogP contribution in [0.5, 0.6) is 0 Å². The molecule has 2 nitrogen and oxygen atoms in total. The molecule has 1 rings (SSSR count). The first-order valence-electron chi connectivity index (χ1n) is 5.71. The number of carbonyl (C=O) groups excluding carboxylic acids is 1. The van der Waals surface area contributed by atoms with Crippen LogP contribution in [-0.4, -0.2) is 18.4 Å². The van der Waals surface area contributed by atoms with Crippen molar-refractivity contribution in [1.29, 1.82) is 0 Å². The number of rotatable bonds is 6. The van der Waals surface area contributed by atoms with Crippen molar-refractivity contribution in [3.63, 3.8) is 0 Å². The molecule has 1 N–H and O–H groups in total. The Morgan fingerprint density at radius 3 is 2.35 bits per heavy atom. The van der Waals surface area contributed by atoms with Gasteiger partial charge >= 0.3 is 0 Å². The second-order valence-corrected chi connectivity index (χ2v) is 4.29. The Morgan fingerprint density at radius 1 is 1.24 bits per heavy atom. The lowest BCUT2D eigenvalue weighted by atomic mass is 10.1. The molecule has 1 aromatic rings. The van der Waals surface area contributed by atoms with Crippen molar-refractivity contribution in [1.82, 2.24) is 5.32 Å². The molecular weight excluding hydrogens is 224 g/mol. The van der Waals surface area contributed by atoms with Gasteiger partial charge < -0.3 is 5.32 Å². The first-order chi connectivity index (χ1) is 7.99. The maximum atomic E-state index is 12.9. The second kappa shape index (κ2) is 6.45. The zero-order valence-electron chi connectivity index (χ0n) is 10.1. The highest BCUT2D eigenvalue weighted by atomic mass is 19.1. The average Bonchev–Trinajstić information content (AvgIpc) is 2.22. The molecule has 0 aliphatic rings. The molecule has 0 aliphatic heterocycles. The zero-order valence-corrected chi connectivity index (χ0v) is 10.1. The average molecular weight is 241 g/mol. The minimum Gasteiger partial charge on any atom is -0.315 e. The van der Waals surface area contributed by atoms with Gasteiger partial charge in [0.25, 0.3) is 0 Å². The summed E-state index contributed by atoms with van der Waals surface area (Å²) >= 11 is 0. The molecule has 0 unspecified atom stereocenters. The fraction of sp³-hybridized carbons (Fsp3) is 0.462. The van der Waals surface area contributed by atoms with Gasteiger partial charge in [0.2, 0.25) is 0 Å². The lowest BCUT2D eigenvalue weighted by molar-refractivity contribution is 0.0979. The van der Waals surface area contributed by atoms with E-state index in [4.69, 9.17) is 0 Å². The predicted molar refractivity (Wildman–Crippen MR) is 63.1 cm³/mol. The Morgan fingerprint density at radius 2 is 1.82 bits per heavy atom. The highest BCUT2D eigenvalue weighted by Gasteiger charge is 2.08. The molecule has 0 fully saturated rings. The number of hydrogen-bond donors (Lipinski definition) is 1. The van der Waals surface area contributed by atoms with E-state index in [9.17, 15) is 13.6 Å². The van der Waals surface area contributed by atoms with Crippen LogP contribution in [0.4, 0.5) is 8.78 Å². The van der Waals surface area contributed by atoms with E-state index in [2.05, 4.69) is 5.32 Å². The number of ketones is 1. The van der Waals surface area contributed by atoms with E-state index in [1.807, 2.05) is 13.8 Å². The minimum atomic E-state index is -0.714. The first kappa shape index (κ1) is 13.8. The molecule has 0 aliphatic carbocycles. The van der Waals surface area contributed by atoms with E-state index in [1.165, 1.54) is 0 Å². The number of carbonyl (C=O) groups is 1. The SMILES string of the molecule is CC(C)NCCCC(=O)c1cc(F)cc(F)c1. The number of Topliss-reactive ketones (excluding diaryl/α,β-unsaturated/α-hetero) is 1. The van der Waals surface area contributed by atoms with Crippen molar-refractivity contribution in [3.8, 4) is 0 Å². The van der Waals surface area contributed by atoms with Gasteiger partial charge in [-0.05, 0) is 25.1 Å². The highest BCUT2D eigenvalue weighted by Crippen LogP contribution is 2.10. The van der Waals surface area contributed by atoms with Crippen LogP contribution in [0.1, 0.15) is 37.0 Å². The highest BCUT2D eigenvalue weighted by molar-refractivity contribution is 5.96. The molecule has 17 heavy (non-hydrogen) atoms. The smallest absolute Gasteiger partial charge is 0.163 e. The molecule has 0 heterocycles. The van der Waals surface area contributed by atoms with Crippen molar-refractivity contribution in [2.24, 2.45) is 0 Å². The maximum Gasteiger partial charge on any atom is 0.163 e. The van der Waals surface area contributed by atoms with Crippen molar-refractivity contribution in [2.75, 3.05) is 6.54 Å². The van der Waals surface area contributed by atoms with Crippen molar-refractivity contribution in [3.05, 3.63) is 35.4 Å². The van der Waals surface area contributed by atoms with Gasteiger partial charge in [-0.25, -0.2) is 8.78 Å². The standard InChI is InChI=1S/C13H17F2NO/c1-9(2)16-5-3-4-13(17)10-6-11(14)8-12(15)7-10/h6-9,16H,3-5H2,1-2H3. The molecule has 0 bridgehead atoms. The normalized spacial score (nSPS) is 10.9. The summed E-state index contributed by atoms with van der Waals surface area (Å²) in [6.45, 7) is 4.76. The molecule has 0 amide bonds. The molecule has 0 saturated carbocycles. The Labute approximate surface area is 100 Å². The third-order valence-corrected chi connectivity index (χ3v) is 2.32. The van der Waals surface area contributed by atoms with Gasteiger partial charge in [0.15, 0.2) is 5.78 Å². The fourth-order valence-corrected chi connectivity index (χ4v) is 1.50. The molecule has 4 heteroatoms. The number of halogens is 2. The molecule has 0 aromatic heterocycles. The van der Waals surface area contributed by atoms with Gasteiger partial charge in [-0.15, -0.1) is 0 Å². The van der Waals surface area contributed by atoms with Crippen LogP contribution >= 0.6 is 0 Å². The van der Waals surface area contributed by atoms with Crippen LogP contribution in [0.3, 0.4) is 0 Å². The summed E-state index contributed by atoms with van der Waals surface area (Å²) in [6, 6.07) is 3.27. The van der Waals surface area contributed by atoms with Crippen molar-refractivity contribution < 1.29 is 13.6 Å². The van der Waals surface area contributed by atoms with Gasteiger partial charge in [-0.2, -0.15) is 0 Å². The van der Waals surface area contributed by atoms with Gasteiger partial charge in [-0.1, -0.05) is 13.8 Å². The monoisotopic (exact) mass is 241 g/mol. The quantitative estimate of drug-likeness (QED) is 0.613. The summed E-state index contributed by atoms with van der Waals surface area (Å²) in [5.41, 5.74) is 0.104. The van der Waals surface area contributed by atoms with Gasteiger partial charge in [0, 0.05) is 24.1 Å². The van der Waals surface area contributed by atoms with E-state index in [-0.39, 0.29) is 11.3 Å². The maximum absolute atomic E-state index is 12.9. The van der Waals surface area contributed by atoms with Crippen molar-refractivity contribution >= 4 is 5.78 Å². The van der Waals surface area contributed by atoms with E-state index >= 15 is 0 Å². The summed E-state index contributed by atoms with van der Waals surface area (Å²) < 4.78 is 25.8. The Hall–Kier alpha value is -1.29. The van der Waals surface area contributed by atoms with Crippen molar-refractivity contribution in [2.45, 2.75) is 32.7 Å². The number of benzene rings is 1. The summed E-state index contributed by atoms with van der Waals surface area (Å²) in [7, 11) is 0. The van der Waals surface area contributed by atoms with E-state index in [0.717, 1.165) is 24.7 Å². The van der Waals surface area contributed by atoms with Crippen LogP contribution in [0, 0.1) is 11.6 Å². The van der Waals surface area contributed by atoms with Crippen LogP contribution in [-0.2, 0) is 0 Å². The molecule has 0 atom stereocenters. The minimum absolute atomic E-state index is 0.104. The molecule has 0 saturated heterocycles. The molecule has 0 radical (unpaired) electrons. The van der Waals surface area contributed by atoms with Crippen LogP contribution in [0.25, 0.3) is 0 Å². The van der Waals surface area contributed by atoms with Gasteiger partial charge in [0.1, 0.15) is 11.6 Å². The Kier molecular flexibility index (Phi) is 5.22.